The number of carbonyl (C=O) groups excluding carboxylic acids is 1. The van der Waals surface area contributed by atoms with Crippen molar-refractivity contribution in [2.24, 2.45) is 5.41 Å². The van der Waals surface area contributed by atoms with Gasteiger partial charge in [-0.3, -0.25) is 9.59 Å². The number of rotatable bonds is 6. The Morgan fingerprint density at radius 3 is 2.74 bits per heavy atom. The first-order chi connectivity index (χ1) is 10.8. The minimum Gasteiger partial charge on any atom is -0.481 e. The second-order valence-corrected chi connectivity index (χ2v) is 6.08. The van der Waals surface area contributed by atoms with Crippen molar-refractivity contribution >= 4 is 11.9 Å². The summed E-state index contributed by atoms with van der Waals surface area (Å²) in [5.74, 6) is -1.26. The fraction of sp³-hybridized carbons (Fsp3) is 0.375. The van der Waals surface area contributed by atoms with Crippen LogP contribution in [0.5, 0.6) is 0 Å². The largest absolute Gasteiger partial charge is 0.481 e. The number of aryl methyl sites for hydroxylation is 1. The molecule has 0 spiro atoms. The summed E-state index contributed by atoms with van der Waals surface area (Å²) in [4.78, 5) is 23.1. The number of amides is 1. The van der Waals surface area contributed by atoms with E-state index < -0.39 is 11.4 Å². The van der Waals surface area contributed by atoms with Crippen LogP contribution in [0.4, 0.5) is 0 Å². The molecule has 0 radical (unpaired) electrons. The van der Waals surface area contributed by atoms with Gasteiger partial charge >= 0.3 is 5.97 Å². The summed E-state index contributed by atoms with van der Waals surface area (Å²) in [5.41, 5.74) is 1.22. The summed E-state index contributed by atoms with van der Waals surface area (Å²) in [6, 6.07) is 7.68. The number of hydrogen-bond acceptors (Lipinski definition) is 4. The maximum absolute atomic E-state index is 12.0. The highest BCUT2D eigenvalue weighted by atomic mass is 16.4. The molecule has 2 N–H and O–H groups in total. The molecule has 0 fully saturated rings. The molecule has 0 atom stereocenters. The SMILES string of the molecule is Cc1cccc(-n2cc(C(=O)NCCC(C)(C)C(=O)O)nn2)c1. The van der Waals surface area contributed by atoms with E-state index in [1.165, 1.54) is 4.68 Å². The standard InChI is InChI=1S/C16H20N4O3/c1-11-5-4-6-12(9-11)20-10-13(18-19-20)14(21)17-8-7-16(2,3)15(22)23/h4-6,9-10H,7-8H2,1-3H3,(H,17,21)(H,22,23). The van der Waals surface area contributed by atoms with E-state index in [1.54, 1.807) is 20.0 Å². The predicted octanol–water partition coefficient (Wildman–Crippen LogP) is 1.81. The van der Waals surface area contributed by atoms with Gasteiger partial charge in [0.2, 0.25) is 0 Å². The quantitative estimate of drug-likeness (QED) is 0.847. The number of nitrogens with one attached hydrogen (secondary N) is 1. The molecule has 2 aromatic rings. The number of benzene rings is 1. The highest BCUT2D eigenvalue weighted by Crippen LogP contribution is 2.19. The molecule has 7 nitrogen and oxygen atoms in total. The summed E-state index contributed by atoms with van der Waals surface area (Å²) in [6.45, 7) is 5.47. The van der Waals surface area contributed by atoms with Gasteiger partial charge in [0.05, 0.1) is 17.3 Å². The van der Waals surface area contributed by atoms with Crippen molar-refractivity contribution in [3.8, 4) is 5.69 Å². The second-order valence-electron chi connectivity index (χ2n) is 6.08. The molecule has 1 aromatic carbocycles. The van der Waals surface area contributed by atoms with Gasteiger partial charge in [-0.15, -0.1) is 5.10 Å². The van der Waals surface area contributed by atoms with E-state index in [9.17, 15) is 9.59 Å². The zero-order valence-corrected chi connectivity index (χ0v) is 13.4. The summed E-state index contributed by atoms with van der Waals surface area (Å²) >= 11 is 0. The first kappa shape index (κ1) is 16.7. The average molecular weight is 316 g/mol. The third kappa shape index (κ3) is 4.15. The predicted molar refractivity (Wildman–Crippen MR) is 84.5 cm³/mol. The van der Waals surface area contributed by atoms with E-state index in [0.29, 0.717) is 6.42 Å². The zero-order chi connectivity index (χ0) is 17.0. The van der Waals surface area contributed by atoms with E-state index >= 15 is 0 Å². The Hall–Kier alpha value is -2.70. The van der Waals surface area contributed by atoms with Gasteiger partial charge in [0, 0.05) is 6.54 Å². The number of carbonyl (C=O) groups is 2. The topological polar surface area (TPSA) is 97.1 Å². The lowest BCUT2D eigenvalue weighted by Crippen LogP contribution is -2.32. The van der Waals surface area contributed by atoms with Crippen molar-refractivity contribution in [3.63, 3.8) is 0 Å². The highest BCUT2D eigenvalue weighted by molar-refractivity contribution is 5.91. The van der Waals surface area contributed by atoms with Crippen LogP contribution in [-0.4, -0.2) is 38.5 Å². The number of hydrogen-bond donors (Lipinski definition) is 2. The maximum atomic E-state index is 12.0. The molecule has 122 valence electrons. The van der Waals surface area contributed by atoms with Gasteiger partial charge in [-0.05, 0) is 44.9 Å². The fourth-order valence-electron chi connectivity index (χ4n) is 1.95. The minimum absolute atomic E-state index is 0.194. The smallest absolute Gasteiger partial charge is 0.309 e. The van der Waals surface area contributed by atoms with Gasteiger partial charge in [0.1, 0.15) is 0 Å². The molecule has 1 heterocycles. The summed E-state index contributed by atoms with van der Waals surface area (Å²) in [5, 5.41) is 19.5. The van der Waals surface area contributed by atoms with E-state index in [0.717, 1.165) is 11.3 Å². The van der Waals surface area contributed by atoms with Crippen LogP contribution in [0.15, 0.2) is 30.5 Å². The first-order valence-electron chi connectivity index (χ1n) is 7.30. The van der Waals surface area contributed by atoms with Crippen molar-refractivity contribution in [1.82, 2.24) is 20.3 Å². The van der Waals surface area contributed by atoms with E-state index in [-0.39, 0.29) is 18.1 Å². The van der Waals surface area contributed by atoms with Crippen LogP contribution >= 0.6 is 0 Å². The Morgan fingerprint density at radius 2 is 2.09 bits per heavy atom. The molecule has 0 aliphatic carbocycles. The van der Waals surface area contributed by atoms with Crippen molar-refractivity contribution < 1.29 is 14.7 Å². The van der Waals surface area contributed by atoms with Crippen molar-refractivity contribution in [2.45, 2.75) is 27.2 Å². The Morgan fingerprint density at radius 1 is 1.35 bits per heavy atom. The number of aromatic nitrogens is 3. The number of aliphatic carboxylic acids is 1. The van der Waals surface area contributed by atoms with Crippen LogP contribution < -0.4 is 5.32 Å². The molecule has 0 aliphatic rings. The Bertz CT molecular complexity index is 722. The molecule has 1 aromatic heterocycles. The lowest BCUT2D eigenvalue weighted by atomic mass is 9.90. The van der Waals surface area contributed by atoms with E-state index in [2.05, 4.69) is 15.6 Å². The van der Waals surface area contributed by atoms with Gasteiger partial charge < -0.3 is 10.4 Å². The van der Waals surface area contributed by atoms with Gasteiger partial charge in [-0.25, -0.2) is 4.68 Å². The van der Waals surface area contributed by atoms with Gasteiger partial charge in [-0.2, -0.15) is 0 Å². The van der Waals surface area contributed by atoms with Crippen molar-refractivity contribution in [3.05, 3.63) is 41.7 Å². The molecule has 0 saturated heterocycles. The number of nitrogens with zero attached hydrogens (tertiary/aromatic N) is 3. The minimum atomic E-state index is -0.892. The van der Waals surface area contributed by atoms with Gasteiger partial charge in [0.25, 0.3) is 5.91 Å². The molecule has 2 rings (SSSR count). The molecule has 0 bridgehead atoms. The van der Waals surface area contributed by atoms with Crippen LogP contribution in [-0.2, 0) is 4.79 Å². The van der Waals surface area contributed by atoms with Crippen molar-refractivity contribution in [1.29, 1.82) is 0 Å². The first-order valence-corrected chi connectivity index (χ1v) is 7.30. The van der Waals surface area contributed by atoms with Crippen molar-refractivity contribution in [2.75, 3.05) is 6.54 Å². The molecular weight excluding hydrogens is 296 g/mol. The van der Waals surface area contributed by atoms with E-state index in [4.69, 9.17) is 5.11 Å². The zero-order valence-electron chi connectivity index (χ0n) is 13.4. The maximum Gasteiger partial charge on any atom is 0.309 e. The average Bonchev–Trinajstić information content (AvgIpc) is 2.96. The van der Waals surface area contributed by atoms with Crippen LogP contribution in [0.25, 0.3) is 5.69 Å². The second kappa shape index (κ2) is 6.60. The Kier molecular flexibility index (Phi) is 4.78. The monoisotopic (exact) mass is 316 g/mol. The lowest BCUT2D eigenvalue weighted by Gasteiger charge is -2.18. The molecular formula is C16H20N4O3. The molecule has 0 aliphatic heterocycles. The van der Waals surface area contributed by atoms with Crippen LogP contribution in [0, 0.1) is 12.3 Å². The van der Waals surface area contributed by atoms with E-state index in [1.807, 2.05) is 31.2 Å². The fourth-order valence-corrected chi connectivity index (χ4v) is 1.95. The van der Waals surface area contributed by atoms with Gasteiger partial charge in [0.15, 0.2) is 5.69 Å². The molecule has 23 heavy (non-hydrogen) atoms. The normalized spacial score (nSPS) is 11.3. The third-order valence-corrected chi connectivity index (χ3v) is 3.61. The molecule has 1 amide bonds. The Balaban J connectivity index is 1.98. The molecule has 0 unspecified atom stereocenters. The summed E-state index contributed by atoms with van der Waals surface area (Å²) in [6.07, 6.45) is 1.88. The molecule has 0 saturated carbocycles. The van der Waals surface area contributed by atoms with Crippen LogP contribution in [0.1, 0.15) is 36.3 Å². The molecule has 7 heteroatoms. The third-order valence-electron chi connectivity index (χ3n) is 3.61. The Labute approximate surface area is 134 Å². The lowest BCUT2D eigenvalue weighted by molar-refractivity contribution is -0.147. The van der Waals surface area contributed by atoms with Crippen LogP contribution in [0.3, 0.4) is 0 Å². The highest BCUT2D eigenvalue weighted by Gasteiger charge is 2.26. The number of carboxylic acids is 1. The summed E-state index contributed by atoms with van der Waals surface area (Å²) < 4.78 is 1.53. The number of carboxylic acid groups (broad SMARTS) is 1. The van der Waals surface area contributed by atoms with Crippen LogP contribution in [0.2, 0.25) is 0 Å². The summed E-state index contributed by atoms with van der Waals surface area (Å²) in [7, 11) is 0. The van der Waals surface area contributed by atoms with Gasteiger partial charge in [-0.1, -0.05) is 17.3 Å².